The molecule has 0 aliphatic rings. The number of benzene rings is 2. The number of hydrogen-bond donors (Lipinski definition) is 2. The second-order valence-corrected chi connectivity index (χ2v) is 4.50. The van der Waals surface area contributed by atoms with E-state index >= 15 is 0 Å². The highest BCUT2D eigenvalue weighted by Crippen LogP contribution is 2.29. The minimum absolute atomic E-state index is 0.217. The van der Waals surface area contributed by atoms with Crippen molar-refractivity contribution < 1.29 is 9.13 Å². The molecule has 0 saturated heterocycles. The molecule has 2 aromatic carbocycles. The monoisotopic (exact) mass is 278 g/mol. The molecule has 0 atom stereocenters. The van der Waals surface area contributed by atoms with Gasteiger partial charge in [0, 0.05) is 5.02 Å². The smallest absolute Gasteiger partial charge is 0.138 e. The molecule has 0 heterocycles. The van der Waals surface area contributed by atoms with Crippen LogP contribution in [0.1, 0.15) is 11.1 Å². The predicted octanol–water partition coefficient (Wildman–Crippen LogP) is 3.86. The number of rotatable bonds is 3. The van der Waals surface area contributed by atoms with Crippen LogP contribution in [0.15, 0.2) is 36.4 Å². The van der Waals surface area contributed by atoms with Gasteiger partial charge in [0.1, 0.15) is 23.2 Å². The normalized spacial score (nSPS) is 10.3. The van der Waals surface area contributed by atoms with Gasteiger partial charge in [0.25, 0.3) is 0 Å². The minimum Gasteiger partial charge on any atom is -0.456 e. The molecule has 0 spiro atoms. The Morgan fingerprint density at radius 1 is 1.21 bits per heavy atom. The largest absolute Gasteiger partial charge is 0.456 e. The zero-order valence-electron chi connectivity index (χ0n) is 10.2. The fourth-order valence-corrected chi connectivity index (χ4v) is 1.87. The van der Waals surface area contributed by atoms with Crippen LogP contribution in [0.5, 0.6) is 11.5 Å². The number of nitrogens with one attached hydrogen (secondary N) is 1. The molecule has 3 nitrogen and oxygen atoms in total. The zero-order valence-corrected chi connectivity index (χ0v) is 11.0. The van der Waals surface area contributed by atoms with Gasteiger partial charge < -0.3 is 10.5 Å². The summed E-state index contributed by atoms with van der Waals surface area (Å²) in [6, 6.07) is 9.04. The van der Waals surface area contributed by atoms with Gasteiger partial charge in [-0.1, -0.05) is 11.6 Å². The van der Waals surface area contributed by atoms with Crippen LogP contribution in [0.2, 0.25) is 5.02 Å². The van der Waals surface area contributed by atoms with Gasteiger partial charge in [-0.05, 0) is 48.9 Å². The molecule has 3 N–H and O–H groups in total. The van der Waals surface area contributed by atoms with E-state index in [4.69, 9.17) is 27.5 Å². The van der Waals surface area contributed by atoms with Crippen molar-refractivity contribution in [3.63, 3.8) is 0 Å². The van der Waals surface area contributed by atoms with Crippen LogP contribution >= 0.6 is 11.6 Å². The second kappa shape index (κ2) is 5.28. The fourth-order valence-electron chi connectivity index (χ4n) is 1.65. The third-order valence-corrected chi connectivity index (χ3v) is 2.82. The van der Waals surface area contributed by atoms with E-state index in [1.807, 2.05) is 6.92 Å². The Hall–Kier alpha value is -2.07. The van der Waals surface area contributed by atoms with E-state index in [1.165, 1.54) is 18.2 Å². The quantitative estimate of drug-likeness (QED) is 0.661. The maximum atomic E-state index is 13.2. The van der Waals surface area contributed by atoms with Crippen molar-refractivity contribution in [3.05, 3.63) is 58.4 Å². The maximum Gasteiger partial charge on any atom is 0.138 e. The lowest BCUT2D eigenvalue weighted by Gasteiger charge is -2.12. The lowest BCUT2D eigenvalue weighted by atomic mass is 10.1. The summed E-state index contributed by atoms with van der Waals surface area (Å²) in [7, 11) is 0. The number of amidine groups is 1. The van der Waals surface area contributed by atoms with Gasteiger partial charge in [-0.25, -0.2) is 4.39 Å². The molecule has 2 aromatic rings. The van der Waals surface area contributed by atoms with Gasteiger partial charge in [-0.3, -0.25) is 5.41 Å². The topological polar surface area (TPSA) is 59.1 Å². The van der Waals surface area contributed by atoms with Crippen molar-refractivity contribution >= 4 is 17.4 Å². The molecule has 98 valence electrons. The van der Waals surface area contributed by atoms with Crippen LogP contribution in [0.3, 0.4) is 0 Å². The van der Waals surface area contributed by atoms with Crippen LogP contribution in [0.25, 0.3) is 0 Å². The molecule has 0 unspecified atom stereocenters. The van der Waals surface area contributed by atoms with Crippen LogP contribution < -0.4 is 10.5 Å². The first-order chi connectivity index (χ1) is 8.97. The van der Waals surface area contributed by atoms with E-state index in [0.29, 0.717) is 16.5 Å². The molecule has 0 saturated carbocycles. The van der Waals surface area contributed by atoms with Gasteiger partial charge in [-0.2, -0.15) is 0 Å². The molecule has 19 heavy (non-hydrogen) atoms. The molecular weight excluding hydrogens is 267 g/mol. The highest BCUT2D eigenvalue weighted by molar-refractivity contribution is 6.30. The third-order valence-electron chi connectivity index (χ3n) is 2.59. The summed E-state index contributed by atoms with van der Waals surface area (Å²) in [4.78, 5) is 0. The highest BCUT2D eigenvalue weighted by Gasteiger charge is 2.10. The van der Waals surface area contributed by atoms with E-state index in [2.05, 4.69) is 0 Å². The van der Waals surface area contributed by atoms with Crippen molar-refractivity contribution in [2.75, 3.05) is 0 Å². The van der Waals surface area contributed by atoms with E-state index in [-0.39, 0.29) is 11.4 Å². The number of aryl methyl sites for hydroxylation is 1. The summed E-state index contributed by atoms with van der Waals surface area (Å²) in [5, 5.41) is 8.04. The average molecular weight is 279 g/mol. The lowest BCUT2D eigenvalue weighted by Crippen LogP contribution is -2.12. The first kappa shape index (κ1) is 13.4. The molecule has 2 rings (SSSR count). The van der Waals surface area contributed by atoms with E-state index in [9.17, 15) is 4.39 Å². The number of nitrogens with two attached hydrogens (primary N) is 1. The average Bonchev–Trinajstić information content (AvgIpc) is 2.34. The number of hydrogen-bond acceptors (Lipinski definition) is 2. The van der Waals surface area contributed by atoms with Crippen molar-refractivity contribution in [2.24, 2.45) is 5.73 Å². The van der Waals surface area contributed by atoms with Gasteiger partial charge >= 0.3 is 0 Å². The molecule has 0 bridgehead atoms. The summed E-state index contributed by atoms with van der Waals surface area (Å²) < 4.78 is 18.8. The Bertz CT molecular complexity index is 643. The SMILES string of the molecule is Cc1cc(Cl)ccc1Oc1ccc(F)cc1C(=N)N. The highest BCUT2D eigenvalue weighted by atomic mass is 35.5. The Balaban J connectivity index is 2.40. The fraction of sp³-hybridized carbons (Fsp3) is 0.0714. The first-order valence-corrected chi connectivity index (χ1v) is 5.93. The van der Waals surface area contributed by atoms with Gasteiger partial charge in [0.05, 0.1) is 5.56 Å². The summed E-state index contributed by atoms with van der Waals surface area (Å²) >= 11 is 5.86. The summed E-state index contributed by atoms with van der Waals surface area (Å²) in [6.45, 7) is 1.85. The molecule has 0 aliphatic carbocycles. The van der Waals surface area contributed by atoms with Crippen LogP contribution in [-0.2, 0) is 0 Å². The van der Waals surface area contributed by atoms with Crippen molar-refractivity contribution in [3.8, 4) is 11.5 Å². The maximum absolute atomic E-state index is 13.2. The molecule has 0 fully saturated rings. The molecule has 0 radical (unpaired) electrons. The van der Waals surface area contributed by atoms with E-state index in [0.717, 1.165) is 5.56 Å². The Morgan fingerprint density at radius 2 is 1.89 bits per heavy atom. The molecule has 5 heteroatoms. The van der Waals surface area contributed by atoms with Gasteiger partial charge in [0.2, 0.25) is 0 Å². The summed E-state index contributed by atoms with van der Waals surface area (Å²) in [5.74, 6) is 0.198. The molecule has 0 aromatic heterocycles. The van der Waals surface area contributed by atoms with E-state index in [1.54, 1.807) is 18.2 Å². The molecular formula is C14H12ClFN2O. The number of ether oxygens (including phenoxy) is 1. The van der Waals surface area contributed by atoms with Crippen LogP contribution in [0.4, 0.5) is 4.39 Å². The lowest BCUT2D eigenvalue weighted by molar-refractivity contribution is 0.475. The number of nitrogen functional groups attached to an aromatic ring is 1. The molecule has 0 amide bonds. The zero-order chi connectivity index (χ0) is 14.0. The van der Waals surface area contributed by atoms with Crippen LogP contribution in [0, 0.1) is 18.2 Å². The molecule has 0 aliphatic heterocycles. The van der Waals surface area contributed by atoms with Gasteiger partial charge in [0.15, 0.2) is 0 Å². The number of halogens is 2. The summed E-state index contributed by atoms with van der Waals surface area (Å²) in [5.41, 5.74) is 6.47. The van der Waals surface area contributed by atoms with Crippen LogP contribution in [-0.4, -0.2) is 5.84 Å². The van der Waals surface area contributed by atoms with Gasteiger partial charge in [-0.15, -0.1) is 0 Å². The second-order valence-electron chi connectivity index (χ2n) is 4.07. The predicted molar refractivity (Wildman–Crippen MR) is 73.7 cm³/mol. The third kappa shape index (κ3) is 3.03. The van der Waals surface area contributed by atoms with E-state index < -0.39 is 5.82 Å². The Kier molecular flexibility index (Phi) is 3.71. The van der Waals surface area contributed by atoms with Crippen molar-refractivity contribution in [1.29, 1.82) is 5.41 Å². The van der Waals surface area contributed by atoms with Crippen molar-refractivity contribution in [2.45, 2.75) is 6.92 Å². The Morgan fingerprint density at radius 3 is 2.53 bits per heavy atom. The Labute approximate surface area is 115 Å². The summed E-state index contributed by atoms with van der Waals surface area (Å²) in [6.07, 6.45) is 0. The van der Waals surface area contributed by atoms with Crippen molar-refractivity contribution in [1.82, 2.24) is 0 Å². The standard InChI is InChI=1S/C14H12ClFN2O/c1-8-6-9(15)2-4-12(8)19-13-5-3-10(16)7-11(13)14(17)18/h2-7H,1H3,(H3,17,18). The first-order valence-electron chi connectivity index (χ1n) is 5.55. The minimum atomic E-state index is -0.467.